The Bertz CT molecular complexity index is 1200. The second-order valence-corrected chi connectivity index (χ2v) is 7.88. The quantitative estimate of drug-likeness (QED) is 0.594. The Morgan fingerprint density at radius 3 is 2.68 bits per heavy atom. The molecular weight excluding hydrogens is 416 g/mol. The summed E-state index contributed by atoms with van der Waals surface area (Å²) in [5, 5.41) is 5.02. The smallest absolute Gasteiger partial charge is 0.278 e. The minimum atomic E-state index is -0.392. The predicted octanol–water partition coefficient (Wildman–Crippen LogP) is 3.88. The van der Waals surface area contributed by atoms with E-state index in [4.69, 9.17) is 14.2 Å². The van der Waals surface area contributed by atoms with Crippen molar-refractivity contribution < 1.29 is 23.8 Å². The molecule has 0 aliphatic carbocycles. The first kappa shape index (κ1) is 19.2. The maximum Gasteiger partial charge on any atom is 0.278 e. The van der Waals surface area contributed by atoms with Gasteiger partial charge in [-0.05, 0) is 41.3 Å². The van der Waals surface area contributed by atoms with Crippen molar-refractivity contribution in [3.8, 4) is 17.2 Å². The maximum atomic E-state index is 13.4. The van der Waals surface area contributed by atoms with Crippen LogP contribution in [0.15, 0.2) is 65.7 Å². The van der Waals surface area contributed by atoms with Crippen LogP contribution in [0.25, 0.3) is 5.57 Å². The summed E-state index contributed by atoms with van der Waals surface area (Å²) in [6.45, 7) is 0.289. The van der Waals surface area contributed by atoms with Gasteiger partial charge in [0.05, 0.1) is 24.9 Å². The summed E-state index contributed by atoms with van der Waals surface area (Å²) in [6, 6.07) is 16.3. The fraction of sp³-hybridized carbons (Fsp3) is 0.130. The van der Waals surface area contributed by atoms with Crippen molar-refractivity contribution in [3.05, 3.63) is 76.1 Å². The number of benzene rings is 2. The van der Waals surface area contributed by atoms with Gasteiger partial charge in [-0.2, -0.15) is 0 Å². The van der Waals surface area contributed by atoms with Crippen molar-refractivity contribution in [2.24, 2.45) is 0 Å². The van der Waals surface area contributed by atoms with Crippen LogP contribution >= 0.6 is 11.3 Å². The number of ether oxygens (including phenoxy) is 3. The summed E-state index contributed by atoms with van der Waals surface area (Å²) in [6.07, 6.45) is 0. The van der Waals surface area contributed by atoms with Crippen molar-refractivity contribution >= 4 is 34.4 Å². The van der Waals surface area contributed by atoms with E-state index >= 15 is 0 Å². The monoisotopic (exact) mass is 434 g/mol. The molecule has 2 aromatic carbocycles. The lowest BCUT2D eigenvalue weighted by Crippen LogP contribution is -2.32. The highest BCUT2D eigenvalue weighted by molar-refractivity contribution is 7.11. The fourth-order valence-electron chi connectivity index (χ4n) is 3.59. The van der Waals surface area contributed by atoms with Crippen molar-refractivity contribution in [2.75, 3.05) is 19.2 Å². The first-order valence-corrected chi connectivity index (χ1v) is 10.5. The van der Waals surface area contributed by atoms with Crippen LogP contribution in [0.3, 0.4) is 0 Å². The highest BCUT2D eigenvalue weighted by Gasteiger charge is 2.40. The number of carbonyl (C=O) groups excluding carboxylic acids is 2. The third kappa shape index (κ3) is 3.40. The lowest BCUT2D eigenvalue weighted by molar-refractivity contribution is -0.137. The lowest BCUT2D eigenvalue weighted by Gasteiger charge is -2.16. The average molecular weight is 434 g/mol. The third-order valence-electron chi connectivity index (χ3n) is 5.08. The molecule has 0 saturated carbocycles. The van der Waals surface area contributed by atoms with Crippen LogP contribution in [0.1, 0.15) is 10.4 Å². The molecule has 3 heterocycles. The second kappa shape index (κ2) is 7.81. The largest absolute Gasteiger partial charge is 0.495 e. The summed E-state index contributed by atoms with van der Waals surface area (Å²) in [4.78, 5) is 28.7. The van der Waals surface area contributed by atoms with Crippen molar-refractivity contribution in [3.63, 3.8) is 0 Å². The molecule has 3 aromatic rings. The Balaban J connectivity index is 1.50. The minimum absolute atomic E-state index is 0.125. The van der Waals surface area contributed by atoms with E-state index in [1.165, 1.54) is 16.2 Å². The van der Waals surface area contributed by atoms with Gasteiger partial charge in [0.25, 0.3) is 11.8 Å². The summed E-state index contributed by atoms with van der Waals surface area (Å²) in [5.41, 5.74) is 1.97. The lowest BCUT2D eigenvalue weighted by atomic mass is 10.1. The molecule has 156 valence electrons. The number of thiophene rings is 1. The number of imide groups is 1. The number of carbonyl (C=O) groups is 2. The van der Waals surface area contributed by atoms with Gasteiger partial charge in [0.2, 0.25) is 6.79 Å². The molecular formula is C23H18N2O5S. The van der Waals surface area contributed by atoms with E-state index in [-0.39, 0.29) is 24.9 Å². The van der Waals surface area contributed by atoms with Crippen molar-refractivity contribution in [1.29, 1.82) is 0 Å². The van der Waals surface area contributed by atoms with E-state index in [0.29, 0.717) is 28.5 Å². The molecule has 5 rings (SSSR count). The van der Waals surface area contributed by atoms with Gasteiger partial charge in [-0.1, -0.05) is 24.3 Å². The number of fused-ring (bicyclic) bond motifs is 1. The molecule has 0 bridgehead atoms. The van der Waals surface area contributed by atoms with Gasteiger partial charge >= 0.3 is 0 Å². The molecule has 0 saturated heterocycles. The summed E-state index contributed by atoms with van der Waals surface area (Å²) in [7, 11) is 1.56. The zero-order chi connectivity index (χ0) is 21.4. The maximum absolute atomic E-state index is 13.4. The van der Waals surface area contributed by atoms with Crippen LogP contribution in [0.4, 0.5) is 5.69 Å². The number of anilines is 1. The summed E-state index contributed by atoms with van der Waals surface area (Å²) >= 11 is 1.41. The Morgan fingerprint density at radius 2 is 1.87 bits per heavy atom. The first-order valence-electron chi connectivity index (χ1n) is 9.58. The molecule has 2 aliphatic heterocycles. The molecule has 7 nitrogen and oxygen atoms in total. The van der Waals surface area contributed by atoms with Crippen LogP contribution in [-0.2, 0) is 16.1 Å². The molecule has 0 fully saturated rings. The number of hydrogen-bond acceptors (Lipinski definition) is 7. The van der Waals surface area contributed by atoms with Crippen LogP contribution in [0.5, 0.6) is 17.2 Å². The van der Waals surface area contributed by atoms with Gasteiger partial charge in [-0.25, -0.2) is 0 Å². The standard InChI is InChI=1S/C23H18N2O5S/c1-28-16-6-3-2-5-15(16)24-21-20(19-7-4-10-31-19)22(26)25(23(21)27)12-14-8-9-17-18(11-14)30-13-29-17/h2-11,24H,12-13H2,1H3. The van der Waals surface area contributed by atoms with Crippen molar-refractivity contribution in [1.82, 2.24) is 4.90 Å². The molecule has 2 amide bonds. The van der Waals surface area contributed by atoms with E-state index in [9.17, 15) is 9.59 Å². The highest BCUT2D eigenvalue weighted by atomic mass is 32.1. The molecule has 2 aliphatic rings. The summed E-state index contributed by atoms with van der Waals surface area (Å²) < 4.78 is 16.1. The zero-order valence-corrected chi connectivity index (χ0v) is 17.4. The Hall–Kier alpha value is -3.78. The zero-order valence-electron chi connectivity index (χ0n) is 16.6. The number of nitrogens with one attached hydrogen (secondary N) is 1. The molecule has 0 spiro atoms. The Kier molecular flexibility index (Phi) is 4.83. The molecule has 8 heteroatoms. The van der Waals surface area contributed by atoms with E-state index < -0.39 is 5.91 Å². The van der Waals surface area contributed by atoms with Crippen molar-refractivity contribution in [2.45, 2.75) is 6.54 Å². The number of para-hydroxylation sites is 2. The molecule has 1 N–H and O–H groups in total. The van der Waals surface area contributed by atoms with E-state index in [1.807, 2.05) is 35.7 Å². The van der Waals surface area contributed by atoms with Gasteiger partial charge in [0.15, 0.2) is 11.5 Å². The first-order chi connectivity index (χ1) is 15.2. The Labute approximate surface area is 182 Å². The molecule has 0 atom stereocenters. The van der Waals surface area contributed by atoms with Gasteiger partial charge in [0, 0.05) is 4.88 Å². The number of amides is 2. The number of hydrogen-bond donors (Lipinski definition) is 1. The Morgan fingerprint density at radius 1 is 1.03 bits per heavy atom. The van der Waals surface area contributed by atoms with E-state index in [2.05, 4.69) is 5.32 Å². The number of rotatable bonds is 6. The SMILES string of the molecule is COc1ccccc1NC1=C(c2cccs2)C(=O)N(Cc2ccc3c(c2)OCO3)C1=O. The molecule has 31 heavy (non-hydrogen) atoms. The molecule has 1 aromatic heterocycles. The van der Waals surface area contributed by atoms with Crippen LogP contribution in [0.2, 0.25) is 0 Å². The fourth-order valence-corrected chi connectivity index (χ4v) is 4.36. The minimum Gasteiger partial charge on any atom is -0.495 e. The predicted molar refractivity (Wildman–Crippen MR) is 116 cm³/mol. The molecule has 0 unspecified atom stereocenters. The van der Waals surface area contributed by atoms with E-state index in [1.54, 1.807) is 31.4 Å². The van der Waals surface area contributed by atoms with E-state index in [0.717, 1.165) is 10.4 Å². The van der Waals surface area contributed by atoms with Crippen LogP contribution in [-0.4, -0.2) is 30.6 Å². The second-order valence-electron chi connectivity index (χ2n) is 6.94. The van der Waals surface area contributed by atoms with Gasteiger partial charge < -0.3 is 19.5 Å². The third-order valence-corrected chi connectivity index (χ3v) is 5.97. The van der Waals surface area contributed by atoms with Crippen LogP contribution < -0.4 is 19.5 Å². The highest BCUT2D eigenvalue weighted by Crippen LogP contribution is 2.37. The topological polar surface area (TPSA) is 77.1 Å². The van der Waals surface area contributed by atoms with Gasteiger partial charge in [-0.15, -0.1) is 11.3 Å². The number of nitrogens with zero attached hydrogens (tertiary/aromatic N) is 1. The van der Waals surface area contributed by atoms with Gasteiger partial charge in [-0.3, -0.25) is 14.5 Å². The normalized spacial score (nSPS) is 15.1. The van der Waals surface area contributed by atoms with Crippen LogP contribution in [0, 0.1) is 0 Å². The average Bonchev–Trinajstić information content (AvgIpc) is 3.52. The summed E-state index contributed by atoms with van der Waals surface area (Å²) in [5.74, 6) is 1.10. The molecule has 0 radical (unpaired) electrons. The van der Waals surface area contributed by atoms with Gasteiger partial charge in [0.1, 0.15) is 11.4 Å². The number of methoxy groups -OCH3 is 1.